The molecule has 0 spiro atoms. The molecule has 3 heteroatoms. The summed E-state index contributed by atoms with van der Waals surface area (Å²) >= 11 is 0. The van der Waals surface area contributed by atoms with Gasteiger partial charge >= 0.3 is 0 Å². The van der Waals surface area contributed by atoms with E-state index in [-0.39, 0.29) is 0 Å². The van der Waals surface area contributed by atoms with Crippen molar-refractivity contribution < 1.29 is 9.47 Å². The molecule has 1 atom stereocenters. The first-order valence-corrected chi connectivity index (χ1v) is 4.39. The lowest BCUT2D eigenvalue weighted by molar-refractivity contribution is -0.0380. The second-order valence-corrected chi connectivity index (χ2v) is 3.25. The van der Waals surface area contributed by atoms with Crippen LogP contribution in [-0.2, 0) is 9.47 Å². The lowest BCUT2D eigenvalue weighted by Crippen LogP contribution is -2.49. The minimum absolute atomic E-state index is 0.385. The van der Waals surface area contributed by atoms with Gasteiger partial charge in [0.05, 0.1) is 18.8 Å². The second-order valence-electron chi connectivity index (χ2n) is 3.25. The van der Waals surface area contributed by atoms with E-state index < -0.39 is 0 Å². The molecule has 2 saturated heterocycles. The molecule has 0 bridgehead atoms. The third-order valence-electron chi connectivity index (χ3n) is 2.29. The minimum atomic E-state index is 0.385. The Kier molecular flexibility index (Phi) is 2.41. The number of rotatable bonds is 3. The van der Waals surface area contributed by atoms with Crippen LogP contribution < -0.4 is 5.32 Å². The molecule has 2 rings (SSSR count). The van der Waals surface area contributed by atoms with Crippen LogP contribution in [0.1, 0.15) is 12.8 Å². The van der Waals surface area contributed by atoms with E-state index in [1.54, 1.807) is 0 Å². The monoisotopic (exact) mass is 157 g/mol. The fourth-order valence-electron chi connectivity index (χ4n) is 1.40. The van der Waals surface area contributed by atoms with Gasteiger partial charge in [0.25, 0.3) is 0 Å². The van der Waals surface area contributed by atoms with Crippen LogP contribution in [0.2, 0.25) is 0 Å². The highest BCUT2D eigenvalue weighted by atomic mass is 16.5. The minimum Gasteiger partial charge on any atom is -0.376 e. The second kappa shape index (κ2) is 3.52. The van der Waals surface area contributed by atoms with E-state index in [2.05, 4.69) is 5.32 Å². The van der Waals surface area contributed by atoms with Crippen molar-refractivity contribution in [2.45, 2.75) is 25.0 Å². The van der Waals surface area contributed by atoms with Crippen LogP contribution >= 0.6 is 0 Å². The van der Waals surface area contributed by atoms with Crippen molar-refractivity contribution in [3.8, 4) is 0 Å². The fourth-order valence-corrected chi connectivity index (χ4v) is 1.40. The zero-order valence-electron chi connectivity index (χ0n) is 6.71. The molecule has 2 aliphatic rings. The van der Waals surface area contributed by atoms with Crippen molar-refractivity contribution in [3.63, 3.8) is 0 Å². The smallest absolute Gasteiger partial charge is 0.0824 e. The van der Waals surface area contributed by atoms with Gasteiger partial charge < -0.3 is 14.8 Å². The predicted molar refractivity (Wildman–Crippen MR) is 41.6 cm³/mol. The largest absolute Gasteiger partial charge is 0.376 e. The summed E-state index contributed by atoms with van der Waals surface area (Å²) in [5.41, 5.74) is 0. The van der Waals surface area contributed by atoms with Gasteiger partial charge in [-0.3, -0.25) is 0 Å². The van der Waals surface area contributed by atoms with Crippen molar-refractivity contribution in [1.82, 2.24) is 5.32 Å². The van der Waals surface area contributed by atoms with E-state index >= 15 is 0 Å². The molecule has 0 saturated carbocycles. The van der Waals surface area contributed by atoms with Crippen LogP contribution in [0.15, 0.2) is 0 Å². The maximum absolute atomic E-state index is 5.57. The standard InChI is InChI=1S/C8H15NO2/c1-2-7(10-3-1)6-11-8-4-9-5-8/h7-9H,1-6H2. The van der Waals surface area contributed by atoms with Crippen LogP contribution in [0, 0.1) is 0 Å². The maximum atomic E-state index is 5.57. The molecule has 1 N–H and O–H groups in total. The molecule has 0 aromatic rings. The molecule has 1 unspecified atom stereocenters. The summed E-state index contributed by atoms with van der Waals surface area (Å²) in [5, 5.41) is 3.17. The molecule has 0 radical (unpaired) electrons. The maximum Gasteiger partial charge on any atom is 0.0824 e. The van der Waals surface area contributed by atoms with Crippen molar-refractivity contribution in [2.75, 3.05) is 26.3 Å². The Morgan fingerprint density at radius 1 is 1.45 bits per heavy atom. The van der Waals surface area contributed by atoms with Gasteiger partial charge in [-0.2, -0.15) is 0 Å². The van der Waals surface area contributed by atoms with E-state index in [9.17, 15) is 0 Å². The molecule has 3 nitrogen and oxygen atoms in total. The number of ether oxygens (including phenoxy) is 2. The van der Waals surface area contributed by atoms with Crippen LogP contribution in [0.25, 0.3) is 0 Å². The summed E-state index contributed by atoms with van der Waals surface area (Å²) < 4.78 is 11.0. The van der Waals surface area contributed by atoms with Gasteiger partial charge in [-0.15, -0.1) is 0 Å². The Balaban J connectivity index is 1.57. The molecule has 2 fully saturated rings. The summed E-state index contributed by atoms with van der Waals surface area (Å²) in [6.07, 6.45) is 3.23. The third-order valence-corrected chi connectivity index (χ3v) is 2.29. The topological polar surface area (TPSA) is 30.5 Å². The SMILES string of the molecule is C1COC(COC2CNC2)C1. The van der Waals surface area contributed by atoms with Gasteiger partial charge in [-0.25, -0.2) is 0 Å². The highest BCUT2D eigenvalue weighted by molar-refractivity contribution is 4.76. The molecule has 0 aromatic heterocycles. The van der Waals surface area contributed by atoms with Gasteiger partial charge in [0.2, 0.25) is 0 Å². The molecular formula is C8H15NO2. The Labute approximate surface area is 67.1 Å². The van der Waals surface area contributed by atoms with Crippen LogP contribution in [0.5, 0.6) is 0 Å². The van der Waals surface area contributed by atoms with Crippen LogP contribution in [-0.4, -0.2) is 38.5 Å². The zero-order valence-corrected chi connectivity index (χ0v) is 6.71. The first-order valence-electron chi connectivity index (χ1n) is 4.39. The Bertz CT molecular complexity index is 119. The van der Waals surface area contributed by atoms with Crippen molar-refractivity contribution in [3.05, 3.63) is 0 Å². The average Bonchev–Trinajstić information content (AvgIpc) is 2.36. The Hall–Kier alpha value is -0.120. The third kappa shape index (κ3) is 1.92. The normalized spacial score (nSPS) is 32.2. The van der Waals surface area contributed by atoms with E-state index in [0.29, 0.717) is 12.2 Å². The first-order chi connectivity index (χ1) is 5.45. The lowest BCUT2D eigenvalue weighted by atomic mass is 10.2. The molecule has 0 aromatic carbocycles. The Morgan fingerprint density at radius 2 is 2.36 bits per heavy atom. The first kappa shape index (κ1) is 7.53. The highest BCUT2D eigenvalue weighted by Crippen LogP contribution is 2.13. The van der Waals surface area contributed by atoms with Gasteiger partial charge in [0, 0.05) is 19.7 Å². The van der Waals surface area contributed by atoms with Crippen molar-refractivity contribution in [2.24, 2.45) is 0 Å². The van der Waals surface area contributed by atoms with Crippen molar-refractivity contribution >= 4 is 0 Å². The van der Waals surface area contributed by atoms with Crippen molar-refractivity contribution in [1.29, 1.82) is 0 Å². The zero-order chi connectivity index (χ0) is 7.52. The molecule has 0 aliphatic carbocycles. The summed E-state index contributed by atoms with van der Waals surface area (Å²) in [6.45, 7) is 3.77. The van der Waals surface area contributed by atoms with Gasteiger partial charge in [0.1, 0.15) is 0 Å². The summed E-state index contributed by atoms with van der Waals surface area (Å²) in [6, 6.07) is 0. The van der Waals surface area contributed by atoms with Gasteiger partial charge in [-0.05, 0) is 12.8 Å². The van der Waals surface area contributed by atoms with E-state index in [1.165, 1.54) is 12.8 Å². The van der Waals surface area contributed by atoms with Crippen LogP contribution in [0.4, 0.5) is 0 Å². The molecule has 2 aliphatic heterocycles. The van der Waals surface area contributed by atoms with E-state index in [0.717, 1.165) is 26.3 Å². The van der Waals surface area contributed by atoms with E-state index in [4.69, 9.17) is 9.47 Å². The number of hydrogen-bond donors (Lipinski definition) is 1. The molecule has 2 heterocycles. The van der Waals surface area contributed by atoms with Gasteiger partial charge in [-0.1, -0.05) is 0 Å². The van der Waals surface area contributed by atoms with Gasteiger partial charge in [0.15, 0.2) is 0 Å². The predicted octanol–water partition coefficient (Wildman–Crippen LogP) is 0.154. The average molecular weight is 157 g/mol. The quantitative estimate of drug-likeness (QED) is 0.632. The van der Waals surface area contributed by atoms with Crippen LogP contribution in [0.3, 0.4) is 0 Å². The summed E-state index contributed by atoms with van der Waals surface area (Å²) in [5.74, 6) is 0. The van der Waals surface area contributed by atoms with E-state index in [1.807, 2.05) is 0 Å². The molecule has 0 amide bonds. The molecular weight excluding hydrogens is 142 g/mol. The number of hydrogen-bond acceptors (Lipinski definition) is 3. The fraction of sp³-hybridized carbons (Fsp3) is 1.00. The summed E-state index contributed by atoms with van der Waals surface area (Å²) in [7, 11) is 0. The number of nitrogens with one attached hydrogen (secondary N) is 1. The molecule has 64 valence electrons. The highest BCUT2D eigenvalue weighted by Gasteiger charge is 2.21. The lowest BCUT2D eigenvalue weighted by Gasteiger charge is -2.28. The molecule has 11 heavy (non-hydrogen) atoms. The Morgan fingerprint density at radius 3 is 2.91 bits per heavy atom. The summed E-state index contributed by atoms with van der Waals surface area (Å²) in [4.78, 5) is 0.